The molecule has 14 nitrogen and oxygen atoms in total. The van der Waals surface area contributed by atoms with E-state index in [1.54, 1.807) is 70.2 Å². The van der Waals surface area contributed by atoms with Crippen molar-refractivity contribution in [1.29, 1.82) is 0 Å². The molecule has 0 radical (unpaired) electrons. The molecule has 7 N–H and O–H groups in total. The van der Waals surface area contributed by atoms with Crippen LogP contribution in [0.4, 0.5) is 0 Å². The zero-order chi connectivity index (χ0) is 36.5. The first-order valence-electron chi connectivity index (χ1n) is 15.9. The van der Waals surface area contributed by atoms with E-state index in [2.05, 4.69) is 16.0 Å². The maximum absolute atomic E-state index is 13.4. The number of aliphatic carboxylic acids is 2. The van der Waals surface area contributed by atoms with Crippen LogP contribution in [-0.2, 0) is 43.2 Å². The lowest BCUT2D eigenvalue weighted by Crippen LogP contribution is -2.41. The number of carboxylic acid groups (broad SMARTS) is 2. The second-order valence-electron chi connectivity index (χ2n) is 13.2. The van der Waals surface area contributed by atoms with Gasteiger partial charge in [-0.2, -0.15) is 0 Å². The summed E-state index contributed by atoms with van der Waals surface area (Å²) in [5, 5.41) is 47.6. The van der Waals surface area contributed by atoms with Crippen molar-refractivity contribution in [3.8, 4) is 0 Å². The predicted molar refractivity (Wildman–Crippen MR) is 181 cm³/mol. The molecule has 16 heteroatoms. The summed E-state index contributed by atoms with van der Waals surface area (Å²) < 4.78 is 11.3. The first-order valence-corrected chi connectivity index (χ1v) is 15.9. The van der Waals surface area contributed by atoms with Gasteiger partial charge in [-0.25, -0.2) is 4.79 Å². The van der Waals surface area contributed by atoms with Crippen LogP contribution in [0.25, 0.3) is 0 Å². The number of hydrogen-bond acceptors (Lipinski definition) is 9. The molecule has 0 fully saturated rings. The third-order valence-electron chi connectivity index (χ3n) is 8.78. The zero-order valence-electron chi connectivity index (χ0n) is 27.9. The molecule has 3 aromatic rings. The summed E-state index contributed by atoms with van der Waals surface area (Å²) in [6.45, 7) is 6.91. The molecule has 0 aromatic heterocycles. The summed E-state index contributed by atoms with van der Waals surface area (Å²) in [7, 11) is -2.62. The zero-order valence-corrected chi connectivity index (χ0v) is 27.9. The maximum Gasteiger partial charge on any atom is 0.492 e. The largest absolute Gasteiger partial charge is 0.492 e. The first-order chi connectivity index (χ1) is 23.5. The predicted octanol–water partition coefficient (Wildman–Crippen LogP) is 0.500. The lowest BCUT2D eigenvalue weighted by atomic mass is 9.75. The maximum atomic E-state index is 13.4. The lowest BCUT2D eigenvalue weighted by molar-refractivity contribution is -0.140. The number of carbonyl (C=O) groups is 5. The molecule has 2 aliphatic heterocycles. The highest BCUT2D eigenvalue weighted by Crippen LogP contribution is 2.31. The Balaban J connectivity index is 1.40. The number of amides is 3. The van der Waals surface area contributed by atoms with Crippen molar-refractivity contribution >= 4 is 54.8 Å². The molecule has 260 valence electrons. The number of carbonyl (C=O) groups excluding carboxylic acids is 3. The van der Waals surface area contributed by atoms with Crippen molar-refractivity contribution in [2.45, 2.75) is 70.9 Å². The second kappa shape index (κ2) is 14.1. The van der Waals surface area contributed by atoms with Crippen molar-refractivity contribution in [2.75, 3.05) is 0 Å². The van der Waals surface area contributed by atoms with Gasteiger partial charge in [0.2, 0.25) is 0 Å². The Morgan fingerprint density at radius 3 is 1.60 bits per heavy atom. The smallest absolute Gasteiger partial charge is 0.481 e. The SMILES string of the molecule is CC1(C)OB(O)c2c(C(=O)NCc3cc(CNC(=O)c4cccc5c4B(O)OC5(C)C)cc(C(=O)NC(CCC(=O)O)C(=O)O)c3)cccc21. The Hall–Kier alpha value is -5.02. The van der Waals surface area contributed by atoms with E-state index in [0.717, 1.165) is 0 Å². The monoisotopic (exact) mass is 685 g/mol. The van der Waals surface area contributed by atoms with Crippen LogP contribution in [-0.4, -0.2) is 70.2 Å². The van der Waals surface area contributed by atoms with Gasteiger partial charge in [0.05, 0.1) is 11.2 Å². The average Bonchev–Trinajstić information content (AvgIpc) is 3.45. The number of benzene rings is 3. The van der Waals surface area contributed by atoms with Crippen molar-refractivity contribution in [3.63, 3.8) is 0 Å². The van der Waals surface area contributed by atoms with Gasteiger partial charge in [-0.3, -0.25) is 19.2 Å². The van der Waals surface area contributed by atoms with Crippen LogP contribution >= 0.6 is 0 Å². The number of nitrogens with one attached hydrogen (secondary N) is 3. The number of rotatable bonds is 12. The van der Waals surface area contributed by atoms with Gasteiger partial charge in [0.15, 0.2) is 0 Å². The fourth-order valence-corrected chi connectivity index (χ4v) is 6.33. The molecular weight excluding hydrogens is 648 g/mol. The van der Waals surface area contributed by atoms with Crippen LogP contribution in [0.3, 0.4) is 0 Å². The molecule has 50 heavy (non-hydrogen) atoms. The fraction of sp³-hybridized carbons (Fsp3) is 0.324. The number of hydrogen-bond donors (Lipinski definition) is 7. The minimum atomic E-state index is -1.48. The molecule has 2 aliphatic rings. The van der Waals surface area contributed by atoms with Crippen molar-refractivity contribution < 1.29 is 53.5 Å². The van der Waals surface area contributed by atoms with Gasteiger partial charge in [-0.15, -0.1) is 0 Å². The van der Waals surface area contributed by atoms with Crippen LogP contribution in [0.5, 0.6) is 0 Å². The topological polar surface area (TPSA) is 221 Å². The molecule has 0 spiro atoms. The van der Waals surface area contributed by atoms with E-state index < -0.39 is 67.6 Å². The second-order valence-corrected chi connectivity index (χ2v) is 13.2. The van der Waals surface area contributed by atoms with Crippen molar-refractivity contribution in [3.05, 3.63) is 93.5 Å². The van der Waals surface area contributed by atoms with Gasteiger partial charge in [0.1, 0.15) is 6.04 Å². The molecular formula is C34H37B2N3O11. The molecule has 3 amide bonds. The van der Waals surface area contributed by atoms with Crippen LogP contribution in [0.15, 0.2) is 54.6 Å². The van der Waals surface area contributed by atoms with E-state index in [0.29, 0.717) is 33.2 Å². The lowest BCUT2D eigenvalue weighted by Gasteiger charge is -2.19. The summed E-state index contributed by atoms with van der Waals surface area (Å²) in [5.74, 6) is -4.48. The molecule has 0 saturated heterocycles. The van der Waals surface area contributed by atoms with Crippen LogP contribution in [0.2, 0.25) is 0 Å². The number of carboxylic acids is 2. The Kier molecular flexibility index (Phi) is 10.2. The molecule has 0 aliphatic carbocycles. The highest BCUT2D eigenvalue weighted by atomic mass is 16.5. The van der Waals surface area contributed by atoms with Gasteiger partial charge in [-0.05, 0) is 80.6 Å². The molecule has 3 aromatic carbocycles. The summed E-state index contributed by atoms with van der Waals surface area (Å²) >= 11 is 0. The minimum absolute atomic E-state index is 0.0000721. The highest BCUT2D eigenvalue weighted by Gasteiger charge is 2.44. The highest BCUT2D eigenvalue weighted by molar-refractivity contribution is 6.64. The summed E-state index contributed by atoms with van der Waals surface area (Å²) in [6, 6.07) is 13.0. The van der Waals surface area contributed by atoms with E-state index in [9.17, 15) is 39.1 Å². The van der Waals surface area contributed by atoms with Crippen molar-refractivity contribution in [1.82, 2.24) is 16.0 Å². The van der Waals surface area contributed by atoms with E-state index in [4.69, 9.17) is 14.4 Å². The molecule has 1 unspecified atom stereocenters. The Morgan fingerprint density at radius 1 is 0.720 bits per heavy atom. The summed E-state index contributed by atoms with van der Waals surface area (Å²) in [5.41, 5.74) is 1.64. The molecule has 1 atom stereocenters. The normalized spacial score (nSPS) is 15.9. The standard InChI is InChI=1S/C34H37B2N3O11/c1-33(2)23-9-5-7-21(27(23)35(47)49-33)30(43)37-16-18-13-19(15-20(14-18)29(42)39-25(32(45)46)11-12-26(40)41)17-38-31(44)22-8-6-10-24-28(22)36(48)50-34(24,3)4/h5-10,13-15,25,47-48H,11-12,16-17H2,1-4H3,(H,37,43)(H,38,44)(H,39,42)(H,40,41)(H,45,46). The summed E-state index contributed by atoms with van der Waals surface area (Å²) in [6.07, 6.45) is -0.836. The van der Waals surface area contributed by atoms with E-state index in [1.165, 1.54) is 12.1 Å². The van der Waals surface area contributed by atoms with Crippen molar-refractivity contribution in [2.24, 2.45) is 0 Å². The van der Waals surface area contributed by atoms with Crippen LogP contribution < -0.4 is 26.9 Å². The van der Waals surface area contributed by atoms with Gasteiger partial charge in [0, 0.05) is 47.1 Å². The molecule has 2 heterocycles. The van der Waals surface area contributed by atoms with E-state index in [1.807, 2.05) is 0 Å². The van der Waals surface area contributed by atoms with Gasteiger partial charge in [0.25, 0.3) is 17.7 Å². The van der Waals surface area contributed by atoms with Gasteiger partial charge < -0.3 is 45.5 Å². The number of fused-ring (bicyclic) bond motifs is 2. The van der Waals surface area contributed by atoms with Gasteiger partial charge >= 0.3 is 26.2 Å². The average molecular weight is 685 g/mol. The quantitative estimate of drug-likeness (QED) is 0.130. The summed E-state index contributed by atoms with van der Waals surface area (Å²) in [4.78, 5) is 62.8. The van der Waals surface area contributed by atoms with E-state index in [-0.39, 0.29) is 36.2 Å². The molecule has 0 saturated carbocycles. The Morgan fingerprint density at radius 2 is 1.18 bits per heavy atom. The minimum Gasteiger partial charge on any atom is -0.481 e. The van der Waals surface area contributed by atoms with Gasteiger partial charge in [-0.1, -0.05) is 30.3 Å². The molecule has 0 bridgehead atoms. The Labute approximate surface area is 288 Å². The first kappa shape index (κ1) is 36.3. The van der Waals surface area contributed by atoms with E-state index >= 15 is 0 Å². The third kappa shape index (κ3) is 7.58. The fourth-order valence-electron chi connectivity index (χ4n) is 6.33. The van der Waals surface area contributed by atoms with Crippen LogP contribution in [0.1, 0.15) is 93.9 Å². The molecule has 5 rings (SSSR count). The Bertz CT molecular complexity index is 1780. The third-order valence-corrected chi connectivity index (χ3v) is 8.78. The van der Waals surface area contributed by atoms with Crippen LogP contribution in [0, 0.1) is 0 Å².